The number of hydrogen-bond donors (Lipinski definition) is 4. The van der Waals surface area contributed by atoms with Crippen LogP contribution in [0.5, 0.6) is 0 Å². The van der Waals surface area contributed by atoms with Gasteiger partial charge in [-0.05, 0) is 51.7 Å². The third-order valence-corrected chi connectivity index (χ3v) is 6.82. The molecule has 9 heteroatoms. The predicted octanol–water partition coefficient (Wildman–Crippen LogP) is 2.78. The van der Waals surface area contributed by atoms with Gasteiger partial charge in [-0.1, -0.05) is 52.4 Å². The first-order valence-electron chi connectivity index (χ1n) is 14.3. The average molecular weight is 511 g/mol. The van der Waals surface area contributed by atoms with E-state index < -0.39 is 0 Å². The van der Waals surface area contributed by atoms with Crippen molar-refractivity contribution in [2.45, 2.75) is 96.6 Å². The second-order valence-corrected chi connectivity index (χ2v) is 9.66. The Labute approximate surface area is 219 Å². The monoisotopic (exact) mass is 510 g/mol. The lowest BCUT2D eigenvalue weighted by molar-refractivity contribution is 0.0831. The Morgan fingerprint density at radius 1 is 0.722 bits per heavy atom. The summed E-state index contributed by atoms with van der Waals surface area (Å²) in [7, 11) is 0. The molecular formula is C27H54N6O3. The Hall–Kier alpha value is -1.23. The van der Waals surface area contributed by atoms with Crippen molar-refractivity contribution in [2.24, 2.45) is 0 Å². The Morgan fingerprint density at radius 2 is 1.33 bits per heavy atom. The van der Waals surface area contributed by atoms with Crippen molar-refractivity contribution in [3.05, 3.63) is 18.5 Å². The van der Waals surface area contributed by atoms with E-state index in [-0.39, 0.29) is 31.9 Å². The van der Waals surface area contributed by atoms with Gasteiger partial charge >= 0.3 is 0 Å². The van der Waals surface area contributed by atoms with Crippen molar-refractivity contribution < 1.29 is 15.3 Å². The van der Waals surface area contributed by atoms with Gasteiger partial charge in [0, 0.05) is 25.7 Å². The highest BCUT2D eigenvalue weighted by molar-refractivity contribution is 4.96. The van der Waals surface area contributed by atoms with Crippen LogP contribution in [0.1, 0.15) is 96.3 Å². The van der Waals surface area contributed by atoms with E-state index in [0.29, 0.717) is 19.6 Å². The highest BCUT2D eigenvalue weighted by Crippen LogP contribution is 2.27. The number of nitrogens with zero attached hydrogens (tertiary/aromatic N) is 5. The lowest BCUT2D eigenvalue weighted by Gasteiger charge is -2.37. The minimum absolute atomic E-state index is 0.0194. The molecule has 0 radical (unpaired) electrons. The molecule has 0 bridgehead atoms. The molecule has 1 aromatic heterocycles. The third-order valence-electron chi connectivity index (χ3n) is 6.82. The zero-order chi connectivity index (χ0) is 26.3. The van der Waals surface area contributed by atoms with Crippen molar-refractivity contribution in [2.75, 3.05) is 59.1 Å². The zero-order valence-corrected chi connectivity index (χ0v) is 23.0. The first kappa shape index (κ1) is 32.8. The summed E-state index contributed by atoms with van der Waals surface area (Å²) in [5.74, 6) is 0.757. The minimum Gasteiger partial charge on any atom is -0.395 e. The lowest BCUT2D eigenvalue weighted by Crippen LogP contribution is -2.43. The van der Waals surface area contributed by atoms with Crippen molar-refractivity contribution in [3.8, 4) is 0 Å². The Bertz CT molecular complexity index is 598. The van der Waals surface area contributed by atoms with E-state index in [1.807, 2.05) is 0 Å². The fraction of sp³-hybridized carbons (Fsp3) is 0.889. The van der Waals surface area contributed by atoms with Crippen LogP contribution in [0.15, 0.2) is 12.7 Å². The summed E-state index contributed by atoms with van der Waals surface area (Å²) < 4.78 is 0. The highest BCUT2D eigenvalue weighted by Gasteiger charge is 2.29. The van der Waals surface area contributed by atoms with E-state index in [1.165, 1.54) is 38.5 Å². The first-order valence-corrected chi connectivity index (χ1v) is 14.3. The maximum absolute atomic E-state index is 9.89. The molecule has 0 amide bonds. The molecule has 0 spiro atoms. The fourth-order valence-electron chi connectivity index (χ4n) is 4.85. The standard InChI is InChI=1S/C27H54N6O3/c1-3-5-7-9-15-32(17-20-35)25(12-11-13-28-14-19-34)22-26(27-30-23-29-24-31-27)33(18-21-36)16-10-8-6-4-2/h23-26,28,34-36H,3-22H2,1-2H3. The molecular weight excluding hydrogens is 456 g/mol. The van der Waals surface area contributed by atoms with Crippen LogP contribution < -0.4 is 5.32 Å². The van der Waals surface area contributed by atoms with Gasteiger partial charge in [0.25, 0.3) is 0 Å². The molecule has 0 saturated heterocycles. The maximum Gasteiger partial charge on any atom is 0.149 e. The van der Waals surface area contributed by atoms with Crippen LogP contribution in [0, 0.1) is 0 Å². The number of aromatic nitrogens is 3. The van der Waals surface area contributed by atoms with Gasteiger partial charge < -0.3 is 20.6 Å². The number of aliphatic hydroxyl groups is 3. The number of unbranched alkanes of at least 4 members (excludes halogenated alkanes) is 6. The number of hydrogen-bond acceptors (Lipinski definition) is 9. The molecule has 0 saturated carbocycles. The van der Waals surface area contributed by atoms with Gasteiger partial charge in [0.1, 0.15) is 18.5 Å². The fourth-order valence-corrected chi connectivity index (χ4v) is 4.85. The summed E-state index contributed by atoms with van der Waals surface area (Å²) in [5, 5.41) is 32.2. The molecule has 0 aromatic carbocycles. The first-order chi connectivity index (χ1) is 17.7. The molecule has 0 fully saturated rings. The average Bonchev–Trinajstić information content (AvgIpc) is 2.90. The number of rotatable bonds is 25. The van der Waals surface area contributed by atoms with Crippen LogP contribution in [0.3, 0.4) is 0 Å². The number of aliphatic hydroxyl groups excluding tert-OH is 3. The van der Waals surface area contributed by atoms with E-state index in [1.54, 1.807) is 12.7 Å². The summed E-state index contributed by atoms with van der Waals surface area (Å²) in [6, 6.07) is 0.238. The topological polar surface area (TPSA) is 118 Å². The summed E-state index contributed by atoms with van der Waals surface area (Å²) in [4.78, 5) is 17.9. The van der Waals surface area contributed by atoms with E-state index in [2.05, 4.69) is 43.9 Å². The second-order valence-electron chi connectivity index (χ2n) is 9.66. The molecule has 36 heavy (non-hydrogen) atoms. The molecule has 9 nitrogen and oxygen atoms in total. The van der Waals surface area contributed by atoms with Crippen LogP contribution in [0.25, 0.3) is 0 Å². The van der Waals surface area contributed by atoms with Crippen molar-refractivity contribution in [3.63, 3.8) is 0 Å². The molecule has 1 rings (SSSR count). The maximum atomic E-state index is 9.89. The van der Waals surface area contributed by atoms with Gasteiger partial charge in [0.15, 0.2) is 0 Å². The second kappa shape index (κ2) is 22.9. The largest absolute Gasteiger partial charge is 0.395 e. The van der Waals surface area contributed by atoms with Crippen LogP contribution in [-0.2, 0) is 0 Å². The van der Waals surface area contributed by atoms with Gasteiger partial charge in [-0.2, -0.15) is 0 Å². The Kier molecular flexibility index (Phi) is 20.9. The van der Waals surface area contributed by atoms with Crippen LogP contribution in [0.2, 0.25) is 0 Å². The molecule has 1 aromatic rings. The third kappa shape index (κ3) is 14.5. The normalized spacial score (nSPS) is 13.5. The SMILES string of the molecule is CCCCCCN(CCO)C(CCCNCCO)CC(c1ncncn1)N(CCO)CCCCCC. The Morgan fingerprint density at radius 3 is 1.92 bits per heavy atom. The summed E-state index contributed by atoms with van der Waals surface area (Å²) >= 11 is 0. The van der Waals surface area contributed by atoms with Gasteiger partial charge in [0.2, 0.25) is 0 Å². The molecule has 0 aliphatic rings. The van der Waals surface area contributed by atoms with E-state index >= 15 is 0 Å². The molecule has 1 heterocycles. The van der Waals surface area contributed by atoms with Crippen molar-refractivity contribution in [1.29, 1.82) is 0 Å². The van der Waals surface area contributed by atoms with Crippen molar-refractivity contribution in [1.82, 2.24) is 30.1 Å². The van der Waals surface area contributed by atoms with Gasteiger partial charge in [-0.15, -0.1) is 0 Å². The van der Waals surface area contributed by atoms with E-state index in [0.717, 1.165) is 57.6 Å². The quantitative estimate of drug-likeness (QED) is 0.147. The lowest BCUT2D eigenvalue weighted by atomic mass is 9.97. The summed E-state index contributed by atoms with van der Waals surface area (Å²) in [6.45, 7) is 9.40. The number of nitrogens with one attached hydrogen (secondary N) is 1. The minimum atomic E-state index is -0.0194. The van der Waals surface area contributed by atoms with Crippen LogP contribution >= 0.6 is 0 Å². The summed E-state index contributed by atoms with van der Waals surface area (Å²) in [5.41, 5.74) is 0. The molecule has 2 atom stereocenters. The van der Waals surface area contributed by atoms with Gasteiger partial charge in [0.05, 0.1) is 25.9 Å². The van der Waals surface area contributed by atoms with E-state index in [4.69, 9.17) is 5.11 Å². The van der Waals surface area contributed by atoms with E-state index in [9.17, 15) is 10.2 Å². The van der Waals surface area contributed by atoms with Crippen LogP contribution in [0.4, 0.5) is 0 Å². The molecule has 0 aliphatic carbocycles. The predicted molar refractivity (Wildman–Crippen MR) is 146 cm³/mol. The van der Waals surface area contributed by atoms with Gasteiger partial charge in [-0.25, -0.2) is 15.0 Å². The Balaban J connectivity index is 3.10. The van der Waals surface area contributed by atoms with Crippen LogP contribution in [-0.4, -0.2) is 105 Å². The highest BCUT2D eigenvalue weighted by atomic mass is 16.3. The van der Waals surface area contributed by atoms with Crippen molar-refractivity contribution >= 4 is 0 Å². The molecule has 4 N–H and O–H groups in total. The van der Waals surface area contributed by atoms with Gasteiger partial charge in [-0.3, -0.25) is 9.80 Å². The zero-order valence-electron chi connectivity index (χ0n) is 23.0. The molecule has 210 valence electrons. The molecule has 0 aliphatic heterocycles. The molecule has 2 unspecified atom stereocenters. The summed E-state index contributed by atoms with van der Waals surface area (Å²) in [6.07, 6.45) is 15.4. The smallest absolute Gasteiger partial charge is 0.149 e.